The predicted octanol–water partition coefficient (Wildman–Crippen LogP) is 4.07. The number of hydrogen-bond acceptors (Lipinski definition) is 3. The summed E-state index contributed by atoms with van der Waals surface area (Å²) in [6.07, 6.45) is -3.03. The van der Waals surface area contributed by atoms with E-state index in [9.17, 15) is 27.2 Å². The smallest absolute Gasteiger partial charge is 0.353 e. The number of carbonyl (C=O) groups excluding carboxylic acids is 2. The molecule has 0 aromatic heterocycles. The van der Waals surface area contributed by atoms with Gasteiger partial charge in [0.2, 0.25) is 11.8 Å². The van der Waals surface area contributed by atoms with E-state index >= 15 is 0 Å². The van der Waals surface area contributed by atoms with Crippen LogP contribution in [0.15, 0.2) is 0 Å². The van der Waals surface area contributed by atoms with Crippen molar-refractivity contribution >= 4 is 11.8 Å². The highest BCUT2D eigenvalue weighted by Crippen LogP contribution is 2.44. The number of nitrogens with one attached hydrogen (secondary N) is 2. The average molecular weight is 490 g/mol. The molecule has 2 saturated carbocycles. The van der Waals surface area contributed by atoms with Crippen LogP contribution >= 0.6 is 0 Å². The minimum atomic E-state index is -4.62. The summed E-state index contributed by atoms with van der Waals surface area (Å²) in [4.78, 5) is 28.1. The van der Waals surface area contributed by atoms with Gasteiger partial charge in [-0.2, -0.15) is 13.2 Å². The van der Waals surface area contributed by atoms with E-state index < -0.39 is 36.5 Å². The van der Waals surface area contributed by atoms with Crippen LogP contribution in [-0.4, -0.2) is 60.8 Å². The zero-order valence-corrected chi connectivity index (χ0v) is 20.4. The Labute approximate surface area is 199 Å². The van der Waals surface area contributed by atoms with Gasteiger partial charge in [-0.3, -0.25) is 9.59 Å². The zero-order chi connectivity index (χ0) is 24.8. The maximum atomic E-state index is 13.9. The van der Waals surface area contributed by atoms with Crippen molar-refractivity contribution in [2.45, 2.75) is 95.7 Å². The van der Waals surface area contributed by atoms with Crippen LogP contribution in [0.3, 0.4) is 0 Å². The van der Waals surface area contributed by atoms with E-state index in [0.29, 0.717) is 24.3 Å². The molecule has 0 spiro atoms. The fourth-order valence-electron chi connectivity index (χ4n) is 7.13. The van der Waals surface area contributed by atoms with Gasteiger partial charge in [-0.25, -0.2) is 4.39 Å². The molecule has 2 aliphatic heterocycles. The van der Waals surface area contributed by atoms with Gasteiger partial charge in [-0.05, 0) is 76.0 Å². The standard InChI is InChI=1S/C25H39F4N3O2/c1-13-4-6-17(31-23(33)15-5-7-21(26)20(10-15)25(27,28)29)11-18(13)19-9-16-12-30-14(2)8-22(16)32(3)24(19)34/h13-22,30H,4-12H2,1-3H3,(H,31,33). The minimum Gasteiger partial charge on any atom is -0.353 e. The molecule has 0 aromatic carbocycles. The van der Waals surface area contributed by atoms with Gasteiger partial charge < -0.3 is 15.5 Å². The summed E-state index contributed by atoms with van der Waals surface area (Å²) in [5.41, 5.74) is 0. The summed E-state index contributed by atoms with van der Waals surface area (Å²) in [6.45, 7) is 5.21. The molecule has 0 radical (unpaired) electrons. The monoisotopic (exact) mass is 489 g/mol. The minimum absolute atomic E-state index is 0.0901. The molecule has 2 N–H and O–H groups in total. The van der Waals surface area contributed by atoms with Crippen LogP contribution in [0, 0.1) is 35.5 Å². The molecule has 4 fully saturated rings. The van der Waals surface area contributed by atoms with Crippen LogP contribution in [0.4, 0.5) is 17.6 Å². The third-order valence-electron chi connectivity index (χ3n) is 9.27. The number of carbonyl (C=O) groups is 2. The summed E-state index contributed by atoms with van der Waals surface area (Å²) in [7, 11) is 1.91. The number of halogens is 4. The summed E-state index contributed by atoms with van der Waals surface area (Å²) in [5, 5.41) is 6.53. The third-order valence-corrected chi connectivity index (χ3v) is 9.27. The molecule has 4 rings (SSSR count). The van der Waals surface area contributed by atoms with Gasteiger partial charge in [-0.15, -0.1) is 0 Å². The first-order chi connectivity index (χ1) is 16.0. The molecular formula is C25H39F4N3O2. The number of rotatable bonds is 3. The first-order valence-corrected chi connectivity index (χ1v) is 13.0. The lowest BCUT2D eigenvalue weighted by Crippen LogP contribution is -2.60. The SMILES string of the molecule is CC1CC2C(CN1)CC(C1CC(NC(=O)C3CCC(F)C(C(F)(F)F)C3)CCC1C)C(=O)N2C. The molecule has 2 saturated heterocycles. The molecule has 0 bridgehead atoms. The Morgan fingerprint density at radius 2 is 1.79 bits per heavy atom. The van der Waals surface area contributed by atoms with Crippen LogP contribution in [-0.2, 0) is 9.59 Å². The topological polar surface area (TPSA) is 61.4 Å². The van der Waals surface area contributed by atoms with Crippen molar-refractivity contribution < 1.29 is 27.2 Å². The second-order valence-corrected chi connectivity index (χ2v) is 11.5. The normalized spacial score (nSPS) is 43.9. The largest absolute Gasteiger partial charge is 0.394 e. The second kappa shape index (κ2) is 9.94. The fourth-order valence-corrected chi connectivity index (χ4v) is 7.13. The first-order valence-electron chi connectivity index (χ1n) is 13.0. The van der Waals surface area contributed by atoms with E-state index in [-0.39, 0.29) is 42.7 Å². The highest BCUT2D eigenvalue weighted by molar-refractivity contribution is 5.80. The van der Waals surface area contributed by atoms with Crippen LogP contribution < -0.4 is 10.6 Å². The van der Waals surface area contributed by atoms with Gasteiger partial charge in [0.25, 0.3) is 0 Å². The Morgan fingerprint density at radius 1 is 1.06 bits per heavy atom. The van der Waals surface area contributed by atoms with Gasteiger partial charge in [0, 0.05) is 43.6 Å². The number of amides is 2. The quantitative estimate of drug-likeness (QED) is 0.588. The number of likely N-dealkylation sites (tertiary alicyclic amines) is 1. The van der Waals surface area contributed by atoms with Crippen LogP contribution in [0.2, 0.25) is 0 Å². The van der Waals surface area contributed by atoms with Gasteiger partial charge >= 0.3 is 6.18 Å². The van der Waals surface area contributed by atoms with E-state index in [1.54, 1.807) is 0 Å². The molecule has 2 amide bonds. The molecule has 0 aromatic rings. The zero-order valence-electron chi connectivity index (χ0n) is 20.4. The summed E-state index contributed by atoms with van der Waals surface area (Å²) in [5.74, 6) is -2.27. The molecular weight excluding hydrogens is 450 g/mol. The lowest BCUT2D eigenvalue weighted by atomic mass is 9.65. The second-order valence-electron chi connectivity index (χ2n) is 11.5. The van der Waals surface area contributed by atoms with Crippen molar-refractivity contribution in [3.63, 3.8) is 0 Å². The lowest BCUT2D eigenvalue weighted by Gasteiger charge is -2.50. The molecule has 10 atom stereocenters. The number of fused-ring (bicyclic) bond motifs is 1. The van der Waals surface area contributed by atoms with Crippen molar-refractivity contribution in [3.8, 4) is 0 Å². The molecule has 2 heterocycles. The van der Waals surface area contributed by atoms with Gasteiger partial charge in [0.15, 0.2) is 0 Å². The molecule has 10 unspecified atom stereocenters. The van der Waals surface area contributed by atoms with E-state index in [2.05, 4.69) is 24.5 Å². The fraction of sp³-hybridized carbons (Fsp3) is 0.920. The Balaban J connectivity index is 1.38. The van der Waals surface area contributed by atoms with E-state index in [4.69, 9.17) is 0 Å². The molecule has 34 heavy (non-hydrogen) atoms. The van der Waals surface area contributed by atoms with Gasteiger partial charge in [-0.1, -0.05) is 6.92 Å². The van der Waals surface area contributed by atoms with Crippen molar-refractivity contribution in [1.29, 1.82) is 0 Å². The van der Waals surface area contributed by atoms with Crippen molar-refractivity contribution in [2.24, 2.45) is 35.5 Å². The number of hydrogen-bond donors (Lipinski definition) is 2. The highest BCUT2D eigenvalue weighted by atomic mass is 19.4. The Hall–Kier alpha value is -1.38. The van der Waals surface area contributed by atoms with Crippen LogP contribution in [0.25, 0.3) is 0 Å². The molecule has 5 nitrogen and oxygen atoms in total. The number of alkyl halides is 4. The van der Waals surface area contributed by atoms with Crippen LogP contribution in [0.1, 0.15) is 65.2 Å². The first kappa shape index (κ1) is 25.7. The van der Waals surface area contributed by atoms with Crippen molar-refractivity contribution in [3.05, 3.63) is 0 Å². The number of piperidine rings is 2. The molecule has 194 valence electrons. The van der Waals surface area contributed by atoms with Gasteiger partial charge in [0.05, 0.1) is 5.92 Å². The predicted molar refractivity (Wildman–Crippen MR) is 120 cm³/mol. The summed E-state index contributed by atoms with van der Waals surface area (Å²) < 4.78 is 53.4. The lowest BCUT2D eigenvalue weighted by molar-refractivity contribution is -0.202. The Kier molecular flexibility index (Phi) is 7.51. The van der Waals surface area contributed by atoms with Crippen molar-refractivity contribution in [2.75, 3.05) is 13.6 Å². The van der Waals surface area contributed by atoms with E-state index in [1.807, 2.05) is 11.9 Å². The maximum Gasteiger partial charge on any atom is 0.394 e. The van der Waals surface area contributed by atoms with Crippen LogP contribution in [0.5, 0.6) is 0 Å². The van der Waals surface area contributed by atoms with Crippen molar-refractivity contribution in [1.82, 2.24) is 15.5 Å². The Morgan fingerprint density at radius 3 is 2.50 bits per heavy atom. The number of nitrogens with zero attached hydrogens (tertiary/aromatic N) is 1. The van der Waals surface area contributed by atoms with Gasteiger partial charge in [0.1, 0.15) is 6.17 Å². The molecule has 4 aliphatic rings. The highest BCUT2D eigenvalue weighted by Gasteiger charge is 2.50. The third kappa shape index (κ3) is 5.24. The maximum absolute atomic E-state index is 13.9. The summed E-state index contributed by atoms with van der Waals surface area (Å²) >= 11 is 0. The Bertz CT molecular complexity index is 763. The van der Waals surface area contributed by atoms with E-state index in [1.165, 1.54) is 0 Å². The molecule has 9 heteroatoms. The molecule has 2 aliphatic carbocycles. The van der Waals surface area contributed by atoms with E-state index in [0.717, 1.165) is 32.2 Å². The summed E-state index contributed by atoms with van der Waals surface area (Å²) in [6, 6.07) is 0.508. The average Bonchev–Trinajstić information content (AvgIpc) is 2.77.